The lowest BCUT2D eigenvalue weighted by Crippen LogP contribution is -2.64. The molecule has 2 heterocycles. The summed E-state index contributed by atoms with van der Waals surface area (Å²) < 4.78 is 0. The fourth-order valence-corrected chi connectivity index (χ4v) is 4.75. The van der Waals surface area contributed by atoms with Crippen molar-refractivity contribution in [2.75, 3.05) is 25.0 Å². The van der Waals surface area contributed by atoms with Crippen LogP contribution in [0.5, 0.6) is 0 Å². The van der Waals surface area contributed by atoms with Crippen LogP contribution in [0, 0.1) is 5.41 Å². The van der Waals surface area contributed by atoms with Crippen LogP contribution in [0.3, 0.4) is 0 Å². The smallest absolute Gasteiger partial charge is 0.321 e. The van der Waals surface area contributed by atoms with Gasteiger partial charge in [-0.15, -0.1) is 0 Å². The van der Waals surface area contributed by atoms with Crippen molar-refractivity contribution in [2.24, 2.45) is 5.41 Å². The maximum atomic E-state index is 12.6. The Morgan fingerprint density at radius 1 is 1.00 bits per heavy atom. The summed E-state index contributed by atoms with van der Waals surface area (Å²) in [6.07, 6.45) is 2.13. The zero-order chi connectivity index (χ0) is 18.9. The molecule has 2 fully saturated rings. The Bertz CT molecular complexity index is 767. The topological polar surface area (TPSA) is 35.6 Å². The van der Waals surface area contributed by atoms with Crippen molar-refractivity contribution >= 4 is 11.7 Å². The number of rotatable bonds is 3. The van der Waals surface area contributed by atoms with E-state index in [9.17, 15) is 4.79 Å². The van der Waals surface area contributed by atoms with Crippen molar-refractivity contribution in [3.63, 3.8) is 0 Å². The number of anilines is 1. The molecule has 4 nitrogen and oxygen atoms in total. The standard InChI is InChI=1S/C23H29N3O/c1-18(2)26-17-23(21(26)19-9-5-3-6-10-19)13-15-25(16-14-23)22(27)24-20-11-7-4-8-12-20/h3-12,18,21H,13-17H2,1-2H3,(H,24,27). The molecule has 4 rings (SSSR count). The van der Waals surface area contributed by atoms with Gasteiger partial charge in [0.2, 0.25) is 0 Å². The minimum absolute atomic E-state index is 0.0207. The van der Waals surface area contributed by atoms with Gasteiger partial charge in [-0.2, -0.15) is 0 Å². The van der Waals surface area contributed by atoms with Gasteiger partial charge in [-0.25, -0.2) is 4.79 Å². The van der Waals surface area contributed by atoms with Crippen LogP contribution in [0.25, 0.3) is 0 Å². The number of amides is 2. The fourth-order valence-electron chi connectivity index (χ4n) is 4.75. The molecule has 0 saturated carbocycles. The van der Waals surface area contributed by atoms with E-state index in [2.05, 4.69) is 54.4 Å². The number of carbonyl (C=O) groups is 1. The molecule has 0 radical (unpaired) electrons. The van der Waals surface area contributed by atoms with Gasteiger partial charge in [0.15, 0.2) is 0 Å². The lowest BCUT2D eigenvalue weighted by Gasteiger charge is -2.62. The van der Waals surface area contributed by atoms with E-state index in [1.165, 1.54) is 5.56 Å². The van der Waals surface area contributed by atoms with Gasteiger partial charge in [-0.05, 0) is 44.4 Å². The second kappa shape index (κ2) is 7.35. The summed E-state index contributed by atoms with van der Waals surface area (Å²) in [5, 5.41) is 3.02. The number of likely N-dealkylation sites (tertiary alicyclic amines) is 2. The van der Waals surface area contributed by atoms with Crippen molar-refractivity contribution in [3.05, 3.63) is 66.2 Å². The quantitative estimate of drug-likeness (QED) is 0.853. The summed E-state index contributed by atoms with van der Waals surface area (Å²) in [7, 11) is 0. The lowest BCUT2D eigenvalue weighted by molar-refractivity contribution is -0.123. The van der Waals surface area contributed by atoms with Crippen molar-refractivity contribution in [2.45, 2.75) is 38.8 Å². The summed E-state index contributed by atoms with van der Waals surface area (Å²) in [5.41, 5.74) is 2.58. The summed E-state index contributed by atoms with van der Waals surface area (Å²) in [4.78, 5) is 17.2. The van der Waals surface area contributed by atoms with Gasteiger partial charge in [0.25, 0.3) is 0 Å². The molecule has 2 aromatic carbocycles. The number of benzene rings is 2. The largest absolute Gasteiger partial charge is 0.324 e. The Labute approximate surface area is 162 Å². The number of carbonyl (C=O) groups excluding carboxylic acids is 1. The number of hydrogen-bond acceptors (Lipinski definition) is 2. The molecule has 2 aliphatic rings. The highest BCUT2D eigenvalue weighted by Gasteiger charge is 2.54. The molecule has 2 aliphatic heterocycles. The van der Waals surface area contributed by atoms with E-state index in [1.807, 2.05) is 35.2 Å². The minimum atomic E-state index is 0.0207. The van der Waals surface area contributed by atoms with E-state index >= 15 is 0 Å². The molecule has 2 amide bonds. The maximum Gasteiger partial charge on any atom is 0.321 e. The van der Waals surface area contributed by atoms with Crippen LogP contribution in [0.4, 0.5) is 10.5 Å². The van der Waals surface area contributed by atoms with Gasteiger partial charge >= 0.3 is 6.03 Å². The van der Waals surface area contributed by atoms with E-state index in [4.69, 9.17) is 0 Å². The Morgan fingerprint density at radius 3 is 2.19 bits per heavy atom. The molecule has 0 bridgehead atoms. The summed E-state index contributed by atoms with van der Waals surface area (Å²) in [6.45, 7) is 7.36. The second-order valence-corrected chi connectivity index (χ2v) is 8.22. The van der Waals surface area contributed by atoms with Crippen molar-refractivity contribution in [1.82, 2.24) is 9.80 Å². The lowest BCUT2D eigenvalue weighted by atomic mass is 9.62. The molecule has 2 aromatic rings. The zero-order valence-electron chi connectivity index (χ0n) is 16.3. The molecule has 0 aromatic heterocycles. The van der Waals surface area contributed by atoms with Gasteiger partial charge in [0.1, 0.15) is 0 Å². The fraction of sp³-hybridized carbons (Fsp3) is 0.435. The van der Waals surface area contributed by atoms with Gasteiger partial charge < -0.3 is 10.2 Å². The van der Waals surface area contributed by atoms with E-state index in [-0.39, 0.29) is 6.03 Å². The number of piperidine rings is 1. The monoisotopic (exact) mass is 363 g/mol. The molecule has 0 aliphatic carbocycles. The molecule has 1 N–H and O–H groups in total. The SMILES string of the molecule is CC(C)N1CC2(CCN(C(=O)Nc3ccccc3)CC2)C1c1ccccc1. The third-order valence-electron chi connectivity index (χ3n) is 6.26. The van der Waals surface area contributed by atoms with Crippen molar-refractivity contribution < 1.29 is 4.79 Å². The van der Waals surface area contributed by atoms with Crippen molar-refractivity contribution in [1.29, 1.82) is 0 Å². The zero-order valence-corrected chi connectivity index (χ0v) is 16.3. The Hall–Kier alpha value is -2.33. The molecule has 142 valence electrons. The van der Waals surface area contributed by atoms with Crippen LogP contribution >= 0.6 is 0 Å². The van der Waals surface area contributed by atoms with E-state index in [1.54, 1.807) is 0 Å². The van der Waals surface area contributed by atoms with Crippen LogP contribution in [0.2, 0.25) is 0 Å². The highest BCUT2D eigenvalue weighted by Crippen LogP contribution is 2.55. The average Bonchev–Trinajstić information content (AvgIpc) is 2.68. The van der Waals surface area contributed by atoms with Crippen molar-refractivity contribution in [3.8, 4) is 0 Å². The van der Waals surface area contributed by atoms with E-state index < -0.39 is 0 Å². The molecule has 1 atom stereocenters. The summed E-state index contributed by atoms with van der Waals surface area (Å²) in [5.74, 6) is 0. The maximum absolute atomic E-state index is 12.6. The van der Waals surface area contributed by atoms with Crippen LogP contribution in [-0.4, -0.2) is 41.5 Å². The number of nitrogens with zero attached hydrogens (tertiary/aromatic N) is 2. The first-order valence-electron chi connectivity index (χ1n) is 10.0. The predicted molar refractivity (Wildman–Crippen MR) is 110 cm³/mol. The highest BCUT2D eigenvalue weighted by atomic mass is 16.2. The first-order chi connectivity index (χ1) is 13.1. The van der Waals surface area contributed by atoms with Crippen LogP contribution in [0.15, 0.2) is 60.7 Å². The number of urea groups is 1. The Balaban J connectivity index is 1.43. The molecular weight excluding hydrogens is 334 g/mol. The van der Waals surface area contributed by atoms with Crippen LogP contribution in [-0.2, 0) is 0 Å². The second-order valence-electron chi connectivity index (χ2n) is 8.22. The summed E-state index contributed by atoms with van der Waals surface area (Å²) >= 11 is 0. The Morgan fingerprint density at radius 2 is 1.59 bits per heavy atom. The molecular formula is C23H29N3O. The Kier molecular flexibility index (Phi) is 4.92. The predicted octanol–water partition coefficient (Wildman–Crippen LogP) is 4.77. The first-order valence-corrected chi connectivity index (χ1v) is 10.0. The van der Waals surface area contributed by atoms with Gasteiger partial charge in [0, 0.05) is 42.8 Å². The van der Waals surface area contributed by atoms with Gasteiger partial charge in [0.05, 0.1) is 0 Å². The third-order valence-corrected chi connectivity index (χ3v) is 6.26. The van der Waals surface area contributed by atoms with E-state index in [0.29, 0.717) is 17.5 Å². The third kappa shape index (κ3) is 3.46. The first kappa shape index (κ1) is 18.1. The summed E-state index contributed by atoms with van der Waals surface area (Å²) in [6, 6.07) is 21.6. The van der Waals surface area contributed by atoms with Gasteiger partial charge in [-0.3, -0.25) is 4.90 Å². The molecule has 1 unspecified atom stereocenters. The number of hydrogen-bond donors (Lipinski definition) is 1. The van der Waals surface area contributed by atoms with E-state index in [0.717, 1.165) is 38.2 Å². The highest BCUT2D eigenvalue weighted by molar-refractivity contribution is 5.89. The average molecular weight is 364 g/mol. The number of para-hydroxylation sites is 1. The molecule has 27 heavy (non-hydrogen) atoms. The molecule has 2 saturated heterocycles. The van der Waals surface area contributed by atoms with Crippen LogP contribution < -0.4 is 5.32 Å². The minimum Gasteiger partial charge on any atom is -0.324 e. The van der Waals surface area contributed by atoms with Crippen LogP contribution in [0.1, 0.15) is 38.3 Å². The molecule has 1 spiro atoms. The number of nitrogens with one attached hydrogen (secondary N) is 1. The normalized spacial score (nSPS) is 21.9. The molecule has 4 heteroatoms. The van der Waals surface area contributed by atoms with Gasteiger partial charge in [-0.1, -0.05) is 48.5 Å².